The maximum absolute atomic E-state index is 12.1. The third-order valence-electron chi connectivity index (χ3n) is 4.16. The predicted molar refractivity (Wildman–Crippen MR) is 110 cm³/mol. The van der Waals surface area contributed by atoms with E-state index in [4.69, 9.17) is 4.74 Å². The maximum atomic E-state index is 12.1. The number of hydrogen-bond donors (Lipinski definition) is 1. The number of nitrogens with one attached hydrogen (secondary N) is 1. The Hall–Kier alpha value is -2.60. The molecule has 1 amide bonds. The second kappa shape index (κ2) is 9.37. The van der Waals surface area contributed by atoms with Gasteiger partial charge in [-0.3, -0.25) is 4.79 Å². The molecule has 0 fully saturated rings. The van der Waals surface area contributed by atoms with Crippen molar-refractivity contribution in [3.05, 3.63) is 76.8 Å². The van der Waals surface area contributed by atoms with Crippen LogP contribution in [0.25, 0.3) is 0 Å². The van der Waals surface area contributed by atoms with Crippen LogP contribution in [0.15, 0.2) is 65.4 Å². The quantitative estimate of drug-likeness (QED) is 0.525. The lowest BCUT2D eigenvalue weighted by Gasteiger charge is -2.09. The molecule has 2 aromatic carbocycles. The summed E-state index contributed by atoms with van der Waals surface area (Å²) >= 11 is 3.44. The normalized spacial score (nSPS) is 10.6. The average molecular weight is 428 g/mol. The van der Waals surface area contributed by atoms with Crippen molar-refractivity contribution in [2.24, 2.45) is 0 Å². The smallest absolute Gasteiger partial charge is 0.224 e. The first-order valence-corrected chi connectivity index (χ1v) is 9.65. The first-order chi connectivity index (χ1) is 13.1. The van der Waals surface area contributed by atoms with Gasteiger partial charge in [-0.25, -0.2) is 4.98 Å². The molecular weight excluding hydrogens is 406 g/mol. The number of rotatable bonds is 8. The summed E-state index contributed by atoms with van der Waals surface area (Å²) < 4.78 is 8.68. The summed E-state index contributed by atoms with van der Waals surface area (Å²) in [5.74, 6) is 1.77. The molecule has 0 atom stereocenters. The Morgan fingerprint density at radius 2 is 1.96 bits per heavy atom. The Balaban J connectivity index is 1.41. The highest BCUT2D eigenvalue weighted by atomic mass is 79.9. The zero-order valence-electron chi connectivity index (χ0n) is 15.2. The van der Waals surface area contributed by atoms with E-state index in [1.54, 1.807) is 6.20 Å². The van der Waals surface area contributed by atoms with E-state index in [1.807, 2.05) is 61.7 Å². The minimum absolute atomic E-state index is 0.0102. The molecule has 27 heavy (non-hydrogen) atoms. The highest BCUT2D eigenvalue weighted by Crippen LogP contribution is 2.23. The summed E-state index contributed by atoms with van der Waals surface area (Å²) in [5.41, 5.74) is 1.97. The van der Waals surface area contributed by atoms with Gasteiger partial charge in [0, 0.05) is 31.0 Å². The third kappa shape index (κ3) is 5.69. The number of carbonyl (C=O) groups is 1. The molecule has 3 rings (SSSR count). The van der Waals surface area contributed by atoms with Gasteiger partial charge in [-0.1, -0.05) is 24.3 Å². The third-order valence-corrected chi connectivity index (χ3v) is 4.81. The van der Waals surface area contributed by atoms with E-state index in [1.165, 1.54) is 0 Å². The summed E-state index contributed by atoms with van der Waals surface area (Å²) in [4.78, 5) is 16.3. The van der Waals surface area contributed by atoms with Gasteiger partial charge in [0.25, 0.3) is 0 Å². The number of nitrogens with zero attached hydrogens (tertiary/aromatic N) is 2. The summed E-state index contributed by atoms with van der Waals surface area (Å²) in [6, 6.07) is 15.6. The second-order valence-electron chi connectivity index (χ2n) is 6.23. The lowest BCUT2D eigenvalue weighted by atomic mass is 10.2. The van der Waals surface area contributed by atoms with E-state index in [-0.39, 0.29) is 5.91 Å². The minimum atomic E-state index is -0.0102. The van der Waals surface area contributed by atoms with Crippen LogP contribution >= 0.6 is 15.9 Å². The van der Waals surface area contributed by atoms with Crippen LogP contribution in [0.2, 0.25) is 0 Å². The van der Waals surface area contributed by atoms with E-state index in [0.717, 1.165) is 33.8 Å². The Morgan fingerprint density at radius 3 is 2.67 bits per heavy atom. The lowest BCUT2D eigenvalue weighted by Crippen LogP contribution is -2.13. The standard InChI is InChI=1S/C21H22BrN3O2/c1-16-23-12-13-25(16)15-17-8-10-18(11-9-17)24-21(26)7-4-14-27-20-6-3-2-5-19(20)22/h2-3,5-6,8-13H,4,7,14-15H2,1H3,(H,24,26). The van der Waals surface area contributed by atoms with Crippen molar-refractivity contribution in [2.75, 3.05) is 11.9 Å². The maximum Gasteiger partial charge on any atom is 0.224 e. The van der Waals surface area contributed by atoms with Crippen LogP contribution in [0.5, 0.6) is 5.75 Å². The van der Waals surface area contributed by atoms with Crippen molar-refractivity contribution < 1.29 is 9.53 Å². The number of carbonyl (C=O) groups excluding carboxylic acids is 1. The number of imidazole rings is 1. The van der Waals surface area contributed by atoms with Gasteiger partial charge in [0.15, 0.2) is 0 Å². The zero-order valence-corrected chi connectivity index (χ0v) is 16.8. The molecule has 1 N–H and O–H groups in total. The van der Waals surface area contributed by atoms with E-state index >= 15 is 0 Å². The summed E-state index contributed by atoms with van der Waals surface area (Å²) in [6.45, 7) is 3.25. The first kappa shape index (κ1) is 19.2. The van der Waals surface area contributed by atoms with Crippen LogP contribution in [-0.4, -0.2) is 22.1 Å². The highest BCUT2D eigenvalue weighted by Gasteiger charge is 2.05. The number of anilines is 1. The van der Waals surface area contributed by atoms with Crippen LogP contribution in [0.3, 0.4) is 0 Å². The Bertz CT molecular complexity index is 890. The van der Waals surface area contributed by atoms with Crippen molar-refractivity contribution in [3.63, 3.8) is 0 Å². The number of benzene rings is 2. The molecule has 0 aliphatic carbocycles. The number of para-hydroxylation sites is 1. The molecule has 0 saturated carbocycles. The Kier molecular flexibility index (Phi) is 6.65. The number of ether oxygens (including phenoxy) is 1. The molecule has 1 heterocycles. The van der Waals surface area contributed by atoms with Crippen molar-refractivity contribution >= 4 is 27.5 Å². The molecule has 140 valence electrons. The minimum Gasteiger partial charge on any atom is -0.492 e. The molecule has 3 aromatic rings. The fourth-order valence-electron chi connectivity index (χ4n) is 2.66. The Labute approximate surface area is 167 Å². The molecule has 6 heteroatoms. The monoisotopic (exact) mass is 427 g/mol. The molecule has 0 aliphatic heterocycles. The average Bonchev–Trinajstić information content (AvgIpc) is 3.06. The number of hydrogen-bond acceptors (Lipinski definition) is 3. The summed E-state index contributed by atoms with van der Waals surface area (Å²) in [5, 5.41) is 2.93. The summed E-state index contributed by atoms with van der Waals surface area (Å²) in [7, 11) is 0. The van der Waals surface area contributed by atoms with Gasteiger partial charge in [-0.05, 0) is 59.1 Å². The zero-order chi connectivity index (χ0) is 19.1. The molecule has 0 aliphatic rings. The Morgan fingerprint density at radius 1 is 1.19 bits per heavy atom. The number of aryl methyl sites for hydroxylation is 1. The first-order valence-electron chi connectivity index (χ1n) is 8.85. The molecule has 0 saturated heterocycles. The van der Waals surface area contributed by atoms with Crippen LogP contribution < -0.4 is 10.1 Å². The van der Waals surface area contributed by atoms with Gasteiger partial charge in [-0.2, -0.15) is 0 Å². The van der Waals surface area contributed by atoms with Gasteiger partial charge in [0.1, 0.15) is 11.6 Å². The second-order valence-corrected chi connectivity index (χ2v) is 7.08. The molecule has 0 bridgehead atoms. The van der Waals surface area contributed by atoms with Gasteiger partial charge >= 0.3 is 0 Å². The largest absolute Gasteiger partial charge is 0.492 e. The van der Waals surface area contributed by atoms with Crippen LogP contribution in [0.4, 0.5) is 5.69 Å². The van der Waals surface area contributed by atoms with Gasteiger partial charge in [0.05, 0.1) is 11.1 Å². The molecule has 0 unspecified atom stereocenters. The molecular formula is C21H22BrN3O2. The van der Waals surface area contributed by atoms with E-state index in [9.17, 15) is 4.79 Å². The number of amides is 1. The van der Waals surface area contributed by atoms with Crippen LogP contribution in [0.1, 0.15) is 24.2 Å². The van der Waals surface area contributed by atoms with Gasteiger partial charge in [0.2, 0.25) is 5.91 Å². The van der Waals surface area contributed by atoms with Gasteiger partial charge < -0.3 is 14.6 Å². The molecule has 5 nitrogen and oxygen atoms in total. The summed E-state index contributed by atoms with van der Waals surface area (Å²) in [6.07, 6.45) is 4.83. The fraction of sp³-hybridized carbons (Fsp3) is 0.238. The topological polar surface area (TPSA) is 56.2 Å². The van der Waals surface area contributed by atoms with Crippen molar-refractivity contribution in [1.82, 2.24) is 9.55 Å². The fourth-order valence-corrected chi connectivity index (χ4v) is 3.06. The molecule has 1 aromatic heterocycles. The van der Waals surface area contributed by atoms with E-state index in [0.29, 0.717) is 19.4 Å². The molecule has 0 spiro atoms. The van der Waals surface area contributed by atoms with Crippen molar-refractivity contribution in [1.29, 1.82) is 0 Å². The van der Waals surface area contributed by atoms with Crippen molar-refractivity contribution in [3.8, 4) is 5.75 Å². The van der Waals surface area contributed by atoms with E-state index < -0.39 is 0 Å². The molecule has 0 radical (unpaired) electrons. The lowest BCUT2D eigenvalue weighted by molar-refractivity contribution is -0.116. The van der Waals surface area contributed by atoms with E-state index in [2.05, 4.69) is 30.8 Å². The van der Waals surface area contributed by atoms with Crippen LogP contribution in [0, 0.1) is 6.92 Å². The highest BCUT2D eigenvalue weighted by molar-refractivity contribution is 9.10. The SMILES string of the molecule is Cc1nccn1Cc1ccc(NC(=O)CCCOc2ccccc2Br)cc1. The number of halogens is 1. The predicted octanol–water partition coefficient (Wildman–Crippen LogP) is 4.80. The van der Waals surface area contributed by atoms with Crippen molar-refractivity contribution in [2.45, 2.75) is 26.3 Å². The van der Waals surface area contributed by atoms with Crippen LogP contribution in [-0.2, 0) is 11.3 Å². The number of aromatic nitrogens is 2. The van der Waals surface area contributed by atoms with Gasteiger partial charge in [-0.15, -0.1) is 0 Å².